The molecule has 0 unspecified atom stereocenters. The Morgan fingerprint density at radius 2 is 1.68 bits per heavy atom. The van der Waals surface area contributed by atoms with Crippen molar-refractivity contribution in [2.45, 2.75) is 26.3 Å². The lowest BCUT2D eigenvalue weighted by Gasteiger charge is -2.23. The van der Waals surface area contributed by atoms with Gasteiger partial charge in [-0.3, -0.25) is 0 Å². The molecule has 0 aromatic heterocycles. The van der Waals surface area contributed by atoms with Gasteiger partial charge in [-0.25, -0.2) is 21.6 Å². The van der Waals surface area contributed by atoms with Crippen LogP contribution >= 0.6 is 0 Å². The molecule has 0 bridgehead atoms. The molecular formula is C14H24N2O4S2. The molecule has 0 saturated heterocycles. The molecule has 8 heteroatoms. The lowest BCUT2D eigenvalue weighted by atomic mass is 10.2. The van der Waals surface area contributed by atoms with Crippen LogP contribution in [-0.2, 0) is 26.5 Å². The maximum Gasteiger partial charge on any atom is 0.211 e. The standard InChI is InChI=1S/C14H24N2O4S2/c1-13(2)16(21(3,17)18)11-10-15-22(19,20)12-9-14-7-5-4-6-8-14/h4-8,13,15H,9-12H2,1-3H3. The fourth-order valence-corrected chi connectivity index (χ4v) is 4.33. The van der Waals surface area contributed by atoms with E-state index >= 15 is 0 Å². The highest BCUT2D eigenvalue weighted by atomic mass is 32.2. The molecule has 6 nitrogen and oxygen atoms in total. The van der Waals surface area contributed by atoms with Crippen molar-refractivity contribution in [3.05, 3.63) is 35.9 Å². The normalized spacial score (nSPS) is 13.0. The predicted octanol–water partition coefficient (Wildman–Crippen LogP) is 0.818. The lowest BCUT2D eigenvalue weighted by Crippen LogP contribution is -2.42. The smallest absolute Gasteiger partial charge is 0.211 e. The van der Waals surface area contributed by atoms with E-state index in [0.717, 1.165) is 11.8 Å². The molecule has 1 aromatic carbocycles. The predicted molar refractivity (Wildman–Crippen MR) is 88.6 cm³/mol. The van der Waals surface area contributed by atoms with E-state index in [9.17, 15) is 16.8 Å². The van der Waals surface area contributed by atoms with E-state index in [1.54, 1.807) is 13.8 Å². The number of hydrogen-bond donors (Lipinski definition) is 1. The minimum absolute atomic E-state index is 0.0163. The Morgan fingerprint density at radius 1 is 1.09 bits per heavy atom. The zero-order chi connectivity index (χ0) is 16.8. The van der Waals surface area contributed by atoms with Gasteiger partial charge in [-0.1, -0.05) is 30.3 Å². The Labute approximate surface area is 133 Å². The van der Waals surface area contributed by atoms with E-state index in [-0.39, 0.29) is 24.9 Å². The Morgan fingerprint density at radius 3 is 2.18 bits per heavy atom. The Balaban J connectivity index is 2.49. The first kappa shape index (κ1) is 19.1. The highest BCUT2D eigenvalue weighted by Gasteiger charge is 2.20. The quantitative estimate of drug-likeness (QED) is 0.716. The van der Waals surface area contributed by atoms with Gasteiger partial charge in [-0.2, -0.15) is 4.31 Å². The van der Waals surface area contributed by atoms with Crippen molar-refractivity contribution in [2.75, 3.05) is 25.1 Å². The third-order valence-corrected chi connectivity index (χ3v) is 6.00. The van der Waals surface area contributed by atoms with Crippen LogP contribution in [0, 0.1) is 0 Å². The molecule has 1 N–H and O–H groups in total. The monoisotopic (exact) mass is 348 g/mol. The fraction of sp³-hybridized carbons (Fsp3) is 0.571. The molecule has 0 fully saturated rings. The molecular weight excluding hydrogens is 324 g/mol. The van der Waals surface area contributed by atoms with Crippen molar-refractivity contribution in [3.63, 3.8) is 0 Å². The molecule has 0 atom stereocenters. The Hall–Kier alpha value is -0.960. The average Bonchev–Trinajstić information content (AvgIpc) is 2.41. The highest BCUT2D eigenvalue weighted by Crippen LogP contribution is 2.04. The van der Waals surface area contributed by atoms with Gasteiger partial charge in [0.2, 0.25) is 20.0 Å². The van der Waals surface area contributed by atoms with Crippen molar-refractivity contribution in [3.8, 4) is 0 Å². The zero-order valence-corrected chi connectivity index (χ0v) is 14.8. The van der Waals surface area contributed by atoms with E-state index in [1.807, 2.05) is 30.3 Å². The second kappa shape index (κ2) is 8.05. The van der Waals surface area contributed by atoms with E-state index in [1.165, 1.54) is 4.31 Å². The van der Waals surface area contributed by atoms with E-state index < -0.39 is 20.0 Å². The molecule has 0 heterocycles. The minimum atomic E-state index is -3.42. The summed E-state index contributed by atoms with van der Waals surface area (Å²) in [6.45, 7) is 3.71. The number of nitrogens with zero attached hydrogens (tertiary/aromatic N) is 1. The molecule has 0 radical (unpaired) electrons. The molecule has 1 aromatic rings. The first-order valence-electron chi connectivity index (χ1n) is 7.10. The summed E-state index contributed by atoms with van der Waals surface area (Å²) in [7, 11) is -6.76. The molecule has 0 spiro atoms. The van der Waals surface area contributed by atoms with Crippen LogP contribution in [0.15, 0.2) is 30.3 Å². The van der Waals surface area contributed by atoms with Gasteiger partial charge in [0.1, 0.15) is 0 Å². The molecule has 0 aliphatic rings. The van der Waals surface area contributed by atoms with Crippen LogP contribution in [0.2, 0.25) is 0 Å². The Bertz CT molecular complexity index is 655. The first-order valence-corrected chi connectivity index (χ1v) is 10.6. The van der Waals surface area contributed by atoms with Gasteiger partial charge in [0.25, 0.3) is 0 Å². The molecule has 126 valence electrons. The van der Waals surface area contributed by atoms with Gasteiger partial charge < -0.3 is 0 Å². The second-order valence-corrected chi connectivity index (χ2v) is 9.28. The summed E-state index contributed by atoms with van der Waals surface area (Å²) in [4.78, 5) is 0. The van der Waals surface area contributed by atoms with Gasteiger partial charge >= 0.3 is 0 Å². The number of sulfonamides is 2. The summed E-state index contributed by atoms with van der Waals surface area (Å²) in [5.74, 6) is -0.0163. The van der Waals surface area contributed by atoms with Crippen molar-refractivity contribution in [1.29, 1.82) is 0 Å². The van der Waals surface area contributed by atoms with Crippen molar-refractivity contribution in [1.82, 2.24) is 9.03 Å². The summed E-state index contributed by atoms with van der Waals surface area (Å²) >= 11 is 0. The topological polar surface area (TPSA) is 83.6 Å². The molecule has 22 heavy (non-hydrogen) atoms. The molecule has 1 rings (SSSR count). The van der Waals surface area contributed by atoms with Crippen LogP contribution < -0.4 is 4.72 Å². The number of rotatable bonds is 9. The Kier molecular flexibility index (Phi) is 6.98. The van der Waals surface area contributed by atoms with Crippen molar-refractivity contribution >= 4 is 20.0 Å². The van der Waals surface area contributed by atoms with Crippen molar-refractivity contribution < 1.29 is 16.8 Å². The summed E-state index contributed by atoms with van der Waals surface area (Å²) in [5, 5.41) is 0. The fourth-order valence-electron chi connectivity index (χ4n) is 2.09. The minimum Gasteiger partial charge on any atom is -0.214 e. The maximum atomic E-state index is 11.9. The third kappa shape index (κ3) is 6.87. The van der Waals surface area contributed by atoms with Gasteiger partial charge in [0.15, 0.2) is 0 Å². The van der Waals surface area contributed by atoms with Crippen molar-refractivity contribution in [2.24, 2.45) is 0 Å². The summed E-state index contributed by atoms with van der Waals surface area (Å²) in [6, 6.07) is 9.15. The highest BCUT2D eigenvalue weighted by molar-refractivity contribution is 7.89. The van der Waals surface area contributed by atoms with Gasteiger partial charge in [-0.05, 0) is 25.8 Å². The third-order valence-electron chi connectivity index (χ3n) is 3.16. The number of nitrogens with one attached hydrogen (secondary N) is 1. The number of hydrogen-bond acceptors (Lipinski definition) is 4. The maximum absolute atomic E-state index is 11.9. The average molecular weight is 348 g/mol. The van der Waals surface area contributed by atoms with Crippen LogP contribution in [0.4, 0.5) is 0 Å². The molecule has 0 amide bonds. The van der Waals surface area contributed by atoms with Crippen LogP contribution in [0.3, 0.4) is 0 Å². The van der Waals surface area contributed by atoms with Gasteiger partial charge in [0.05, 0.1) is 12.0 Å². The van der Waals surface area contributed by atoms with Crippen LogP contribution in [0.1, 0.15) is 19.4 Å². The summed E-state index contributed by atoms with van der Waals surface area (Å²) < 4.78 is 50.8. The lowest BCUT2D eigenvalue weighted by molar-refractivity contribution is 0.360. The van der Waals surface area contributed by atoms with E-state index in [4.69, 9.17) is 0 Å². The van der Waals surface area contributed by atoms with Gasteiger partial charge in [-0.15, -0.1) is 0 Å². The van der Waals surface area contributed by atoms with E-state index in [2.05, 4.69) is 4.72 Å². The largest absolute Gasteiger partial charge is 0.214 e. The number of aryl methyl sites for hydroxylation is 1. The molecule has 0 aliphatic heterocycles. The molecule has 0 aliphatic carbocycles. The molecule has 0 saturated carbocycles. The SMILES string of the molecule is CC(C)N(CCNS(=O)(=O)CCc1ccccc1)S(C)(=O)=O. The summed E-state index contributed by atoms with van der Waals surface area (Å²) in [6.07, 6.45) is 1.55. The number of benzene rings is 1. The first-order chi connectivity index (χ1) is 10.1. The zero-order valence-electron chi connectivity index (χ0n) is 13.2. The van der Waals surface area contributed by atoms with Crippen LogP contribution in [0.5, 0.6) is 0 Å². The second-order valence-electron chi connectivity index (χ2n) is 5.42. The summed E-state index contributed by atoms with van der Waals surface area (Å²) in [5.41, 5.74) is 0.952. The van der Waals surface area contributed by atoms with Gasteiger partial charge in [0, 0.05) is 19.1 Å². The van der Waals surface area contributed by atoms with Crippen LogP contribution in [-0.4, -0.2) is 52.3 Å². The van der Waals surface area contributed by atoms with E-state index in [0.29, 0.717) is 6.42 Å². The van der Waals surface area contributed by atoms with Crippen LogP contribution in [0.25, 0.3) is 0 Å².